The molecular formula is C12H23N3O. The van der Waals surface area contributed by atoms with Gasteiger partial charge in [-0.05, 0) is 37.6 Å². The SMILES string of the molecule is CC1CCN(C(=O)N2CCCC2)CC1CN. The van der Waals surface area contributed by atoms with Crippen LogP contribution in [0.1, 0.15) is 26.2 Å². The van der Waals surface area contributed by atoms with Gasteiger partial charge in [0.25, 0.3) is 0 Å². The molecule has 2 saturated heterocycles. The minimum absolute atomic E-state index is 0.239. The number of piperidine rings is 1. The molecule has 4 nitrogen and oxygen atoms in total. The molecule has 0 aromatic rings. The number of carbonyl (C=O) groups excluding carboxylic acids is 1. The van der Waals surface area contributed by atoms with Gasteiger partial charge in [0.1, 0.15) is 0 Å². The Kier molecular flexibility index (Phi) is 3.69. The van der Waals surface area contributed by atoms with Gasteiger partial charge in [-0.15, -0.1) is 0 Å². The van der Waals surface area contributed by atoms with Crippen molar-refractivity contribution in [2.75, 3.05) is 32.7 Å². The predicted molar refractivity (Wildman–Crippen MR) is 64.1 cm³/mol. The predicted octanol–water partition coefficient (Wildman–Crippen LogP) is 1.12. The van der Waals surface area contributed by atoms with Gasteiger partial charge in [0.2, 0.25) is 0 Å². The van der Waals surface area contributed by atoms with Gasteiger partial charge in [-0.25, -0.2) is 4.79 Å². The van der Waals surface area contributed by atoms with Crippen molar-refractivity contribution in [2.24, 2.45) is 17.6 Å². The van der Waals surface area contributed by atoms with Crippen LogP contribution < -0.4 is 5.73 Å². The van der Waals surface area contributed by atoms with Crippen LogP contribution in [-0.4, -0.2) is 48.6 Å². The standard InChI is InChI=1S/C12H23N3O/c1-10-4-7-15(9-11(10)8-13)12(16)14-5-2-3-6-14/h10-11H,2-9,13H2,1H3. The van der Waals surface area contributed by atoms with Crippen LogP contribution in [0, 0.1) is 11.8 Å². The van der Waals surface area contributed by atoms with E-state index in [1.807, 2.05) is 9.80 Å². The van der Waals surface area contributed by atoms with E-state index in [1.165, 1.54) is 0 Å². The van der Waals surface area contributed by atoms with Crippen molar-refractivity contribution < 1.29 is 4.79 Å². The van der Waals surface area contributed by atoms with Crippen molar-refractivity contribution in [1.29, 1.82) is 0 Å². The van der Waals surface area contributed by atoms with Crippen LogP contribution in [0.15, 0.2) is 0 Å². The fourth-order valence-corrected chi connectivity index (χ4v) is 2.74. The molecule has 92 valence electrons. The van der Waals surface area contributed by atoms with Gasteiger partial charge in [-0.3, -0.25) is 0 Å². The first kappa shape index (κ1) is 11.7. The average molecular weight is 225 g/mol. The van der Waals surface area contributed by atoms with Crippen molar-refractivity contribution in [2.45, 2.75) is 26.2 Å². The van der Waals surface area contributed by atoms with Crippen molar-refractivity contribution in [3.8, 4) is 0 Å². The minimum atomic E-state index is 0.239. The third kappa shape index (κ3) is 2.32. The number of likely N-dealkylation sites (tertiary alicyclic amines) is 2. The molecule has 0 aliphatic carbocycles. The second kappa shape index (κ2) is 5.04. The van der Waals surface area contributed by atoms with E-state index in [2.05, 4.69) is 6.92 Å². The van der Waals surface area contributed by atoms with Crippen LogP contribution in [0.4, 0.5) is 4.79 Å². The van der Waals surface area contributed by atoms with Gasteiger partial charge >= 0.3 is 6.03 Å². The Hall–Kier alpha value is -0.770. The lowest BCUT2D eigenvalue weighted by molar-refractivity contribution is 0.117. The molecule has 4 heteroatoms. The van der Waals surface area contributed by atoms with E-state index in [0.717, 1.165) is 45.4 Å². The number of carbonyl (C=O) groups is 1. The number of nitrogens with zero attached hydrogens (tertiary/aromatic N) is 2. The molecule has 2 aliphatic heterocycles. The fraction of sp³-hybridized carbons (Fsp3) is 0.917. The second-order valence-electron chi connectivity index (χ2n) is 5.18. The normalized spacial score (nSPS) is 30.9. The van der Waals surface area contributed by atoms with Crippen LogP contribution in [0.2, 0.25) is 0 Å². The lowest BCUT2D eigenvalue weighted by Gasteiger charge is -2.38. The summed E-state index contributed by atoms with van der Waals surface area (Å²) in [6.07, 6.45) is 3.42. The molecule has 0 bridgehead atoms. The molecule has 0 radical (unpaired) electrons. The van der Waals surface area contributed by atoms with Crippen LogP contribution in [0.3, 0.4) is 0 Å². The Morgan fingerprint density at radius 3 is 2.56 bits per heavy atom. The van der Waals surface area contributed by atoms with Crippen molar-refractivity contribution in [3.05, 3.63) is 0 Å². The van der Waals surface area contributed by atoms with Gasteiger partial charge in [-0.2, -0.15) is 0 Å². The lowest BCUT2D eigenvalue weighted by atomic mass is 9.87. The second-order valence-corrected chi connectivity index (χ2v) is 5.18. The average Bonchev–Trinajstić information content (AvgIpc) is 2.82. The number of hydrogen-bond donors (Lipinski definition) is 1. The first-order valence-electron chi connectivity index (χ1n) is 6.46. The lowest BCUT2D eigenvalue weighted by Crippen LogP contribution is -2.49. The van der Waals surface area contributed by atoms with Gasteiger partial charge in [0.05, 0.1) is 0 Å². The van der Waals surface area contributed by atoms with E-state index < -0.39 is 0 Å². The summed E-state index contributed by atoms with van der Waals surface area (Å²) < 4.78 is 0. The summed E-state index contributed by atoms with van der Waals surface area (Å²) >= 11 is 0. The molecule has 16 heavy (non-hydrogen) atoms. The van der Waals surface area contributed by atoms with E-state index in [0.29, 0.717) is 18.4 Å². The van der Waals surface area contributed by atoms with Crippen molar-refractivity contribution in [3.63, 3.8) is 0 Å². The Morgan fingerprint density at radius 2 is 1.94 bits per heavy atom. The number of urea groups is 1. The van der Waals surface area contributed by atoms with Gasteiger partial charge in [0, 0.05) is 26.2 Å². The smallest absolute Gasteiger partial charge is 0.320 e. The highest BCUT2D eigenvalue weighted by Gasteiger charge is 2.30. The molecule has 2 N–H and O–H groups in total. The zero-order chi connectivity index (χ0) is 11.5. The minimum Gasteiger partial charge on any atom is -0.330 e. The highest BCUT2D eigenvalue weighted by molar-refractivity contribution is 5.74. The summed E-state index contributed by atoms with van der Waals surface area (Å²) in [5.74, 6) is 1.15. The molecule has 0 aromatic carbocycles. The third-order valence-corrected chi connectivity index (χ3v) is 4.06. The zero-order valence-electron chi connectivity index (χ0n) is 10.2. The first-order chi connectivity index (χ1) is 7.72. The Balaban J connectivity index is 1.91. The van der Waals surface area contributed by atoms with Crippen LogP contribution >= 0.6 is 0 Å². The Labute approximate surface area is 97.8 Å². The summed E-state index contributed by atoms with van der Waals surface area (Å²) in [6.45, 7) is 6.59. The monoisotopic (exact) mass is 225 g/mol. The van der Waals surface area contributed by atoms with E-state index >= 15 is 0 Å². The largest absolute Gasteiger partial charge is 0.330 e. The molecule has 2 unspecified atom stereocenters. The third-order valence-electron chi connectivity index (χ3n) is 4.06. The maximum atomic E-state index is 12.2. The van der Waals surface area contributed by atoms with Gasteiger partial charge in [0.15, 0.2) is 0 Å². The summed E-state index contributed by atoms with van der Waals surface area (Å²) in [7, 11) is 0. The number of rotatable bonds is 1. The topological polar surface area (TPSA) is 49.6 Å². The van der Waals surface area contributed by atoms with Crippen molar-refractivity contribution in [1.82, 2.24) is 9.80 Å². The zero-order valence-corrected chi connectivity index (χ0v) is 10.2. The molecule has 2 atom stereocenters. The van der Waals surface area contributed by atoms with Crippen LogP contribution in [0.25, 0.3) is 0 Å². The Morgan fingerprint density at radius 1 is 1.25 bits per heavy atom. The summed E-state index contributed by atoms with van der Waals surface area (Å²) in [4.78, 5) is 16.2. The maximum absolute atomic E-state index is 12.2. The summed E-state index contributed by atoms with van der Waals surface area (Å²) in [6, 6.07) is 0.239. The molecule has 0 spiro atoms. The highest BCUT2D eigenvalue weighted by Crippen LogP contribution is 2.23. The molecule has 2 rings (SSSR count). The number of amides is 2. The van der Waals surface area contributed by atoms with E-state index in [4.69, 9.17) is 5.73 Å². The molecule has 2 amide bonds. The maximum Gasteiger partial charge on any atom is 0.320 e. The van der Waals surface area contributed by atoms with Gasteiger partial charge in [-0.1, -0.05) is 6.92 Å². The van der Waals surface area contributed by atoms with E-state index in [-0.39, 0.29) is 6.03 Å². The van der Waals surface area contributed by atoms with Crippen LogP contribution in [0.5, 0.6) is 0 Å². The van der Waals surface area contributed by atoms with E-state index in [9.17, 15) is 4.79 Å². The molecule has 2 fully saturated rings. The highest BCUT2D eigenvalue weighted by atomic mass is 16.2. The Bertz CT molecular complexity index is 251. The number of hydrogen-bond acceptors (Lipinski definition) is 2. The van der Waals surface area contributed by atoms with Crippen molar-refractivity contribution >= 4 is 6.03 Å². The van der Waals surface area contributed by atoms with E-state index in [1.54, 1.807) is 0 Å². The molecule has 2 heterocycles. The first-order valence-corrected chi connectivity index (χ1v) is 6.46. The molecule has 0 aromatic heterocycles. The quantitative estimate of drug-likeness (QED) is 0.727. The molecular weight excluding hydrogens is 202 g/mol. The number of nitrogens with two attached hydrogens (primary N) is 1. The fourth-order valence-electron chi connectivity index (χ4n) is 2.74. The molecule has 2 aliphatic rings. The van der Waals surface area contributed by atoms with Gasteiger partial charge < -0.3 is 15.5 Å². The summed E-state index contributed by atoms with van der Waals surface area (Å²) in [5, 5.41) is 0. The molecule has 0 saturated carbocycles. The summed E-state index contributed by atoms with van der Waals surface area (Å²) in [5.41, 5.74) is 5.76. The van der Waals surface area contributed by atoms with Crippen LogP contribution in [-0.2, 0) is 0 Å².